The standard InChI is InChI=1S/C18H28N4O4S/c1-3-15(2)19-18(24)20-17(23)13-21-9-11-22(12-10-21)27(25,26)14-16-7-5-4-6-8-16/h4-8,15H,3,9-14H2,1-2H3,(H2,19,20,23,24)/t15-/m1/s1. The number of carbonyl (C=O) groups excluding carboxylic acids is 2. The molecule has 9 heteroatoms. The molecule has 0 spiro atoms. The second-order valence-corrected chi connectivity index (χ2v) is 8.72. The van der Waals surface area contributed by atoms with Crippen LogP contribution in [-0.2, 0) is 20.6 Å². The maximum Gasteiger partial charge on any atom is 0.321 e. The lowest BCUT2D eigenvalue weighted by atomic mass is 10.2. The molecule has 1 aromatic carbocycles. The molecule has 0 bridgehead atoms. The van der Waals surface area contributed by atoms with E-state index in [2.05, 4.69) is 10.6 Å². The van der Waals surface area contributed by atoms with Crippen LogP contribution in [0, 0.1) is 0 Å². The van der Waals surface area contributed by atoms with Gasteiger partial charge in [-0.1, -0.05) is 37.3 Å². The van der Waals surface area contributed by atoms with E-state index in [4.69, 9.17) is 0 Å². The fourth-order valence-electron chi connectivity index (χ4n) is 2.77. The number of rotatable bonds is 7. The number of sulfonamides is 1. The SMILES string of the molecule is CC[C@@H](C)NC(=O)NC(=O)CN1CCN(S(=O)(=O)Cc2ccccc2)CC1. The summed E-state index contributed by atoms with van der Waals surface area (Å²) in [6.07, 6.45) is 0.779. The van der Waals surface area contributed by atoms with Gasteiger partial charge in [0, 0.05) is 32.2 Å². The number of urea groups is 1. The Labute approximate surface area is 161 Å². The van der Waals surface area contributed by atoms with Gasteiger partial charge in [0.05, 0.1) is 12.3 Å². The second kappa shape index (κ2) is 9.82. The monoisotopic (exact) mass is 396 g/mol. The third-order valence-corrected chi connectivity index (χ3v) is 6.38. The minimum absolute atomic E-state index is 0.00355. The predicted molar refractivity (Wildman–Crippen MR) is 104 cm³/mol. The van der Waals surface area contributed by atoms with Crippen molar-refractivity contribution in [1.29, 1.82) is 0 Å². The van der Waals surface area contributed by atoms with E-state index in [-0.39, 0.29) is 18.3 Å². The van der Waals surface area contributed by atoms with Crippen LogP contribution in [0.3, 0.4) is 0 Å². The summed E-state index contributed by atoms with van der Waals surface area (Å²) in [6.45, 7) is 5.45. The first-order valence-corrected chi connectivity index (χ1v) is 10.8. The van der Waals surface area contributed by atoms with Crippen molar-refractivity contribution in [2.75, 3.05) is 32.7 Å². The fraction of sp³-hybridized carbons (Fsp3) is 0.556. The second-order valence-electron chi connectivity index (χ2n) is 6.75. The van der Waals surface area contributed by atoms with Crippen molar-refractivity contribution in [1.82, 2.24) is 19.8 Å². The highest BCUT2D eigenvalue weighted by atomic mass is 32.2. The van der Waals surface area contributed by atoms with E-state index in [9.17, 15) is 18.0 Å². The number of amides is 3. The fourth-order valence-corrected chi connectivity index (χ4v) is 4.29. The molecule has 1 fully saturated rings. The molecular weight excluding hydrogens is 368 g/mol. The molecule has 0 unspecified atom stereocenters. The van der Waals surface area contributed by atoms with Crippen LogP contribution in [0.25, 0.3) is 0 Å². The van der Waals surface area contributed by atoms with Gasteiger partial charge in [-0.15, -0.1) is 0 Å². The van der Waals surface area contributed by atoms with Crippen molar-refractivity contribution in [3.63, 3.8) is 0 Å². The van der Waals surface area contributed by atoms with Crippen molar-refractivity contribution in [2.24, 2.45) is 0 Å². The van der Waals surface area contributed by atoms with Gasteiger partial charge in [0.25, 0.3) is 0 Å². The third kappa shape index (κ3) is 6.93. The zero-order valence-electron chi connectivity index (χ0n) is 15.8. The van der Waals surface area contributed by atoms with Gasteiger partial charge in [0.2, 0.25) is 15.9 Å². The van der Waals surface area contributed by atoms with E-state index in [1.54, 1.807) is 12.1 Å². The number of hydrogen-bond acceptors (Lipinski definition) is 5. The Morgan fingerprint density at radius 1 is 1.11 bits per heavy atom. The third-order valence-electron chi connectivity index (χ3n) is 4.53. The van der Waals surface area contributed by atoms with Gasteiger partial charge in [-0.25, -0.2) is 13.2 Å². The smallest absolute Gasteiger partial charge is 0.321 e. The van der Waals surface area contributed by atoms with E-state index < -0.39 is 22.0 Å². The lowest BCUT2D eigenvalue weighted by Crippen LogP contribution is -2.52. The first-order valence-electron chi connectivity index (χ1n) is 9.14. The molecule has 1 aliphatic heterocycles. The molecule has 27 heavy (non-hydrogen) atoms. The molecule has 0 radical (unpaired) electrons. The van der Waals surface area contributed by atoms with Crippen LogP contribution in [-0.4, -0.2) is 68.3 Å². The van der Waals surface area contributed by atoms with E-state index >= 15 is 0 Å². The van der Waals surface area contributed by atoms with E-state index in [0.717, 1.165) is 12.0 Å². The van der Waals surface area contributed by atoms with Crippen molar-refractivity contribution < 1.29 is 18.0 Å². The molecular formula is C18H28N4O4S. The van der Waals surface area contributed by atoms with Crippen molar-refractivity contribution in [3.8, 4) is 0 Å². The van der Waals surface area contributed by atoms with Crippen LogP contribution in [0.4, 0.5) is 4.79 Å². The van der Waals surface area contributed by atoms with Crippen LogP contribution in [0.2, 0.25) is 0 Å². The normalized spacial score (nSPS) is 17.3. The molecule has 1 aromatic rings. The van der Waals surface area contributed by atoms with Gasteiger partial charge in [0.15, 0.2) is 0 Å². The first kappa shape index (κ1) is 21.3. The number of imide groups is 1. The number of nitrogens with one attached hydrogen (secondary N) is 2. The molecule has 1 saturated heterocycles. The predicted octanol–water partition coefficient (Wildman–Crippen LogP) is 0.758. The molecule has 1 atom stereocenters. The maximum absolute atomic E-state index is 12.5. The highest BCUT2D eigenvalue weighted by molar-refractivity contribution is 7.88. The molecule has 1 heterocycles. The minimum atomic E-state index is -3.38. The average Bonchev–Trinajstić information content (AvgIpc) is 2.62. The Balaban J connectivity index is 1.77. The number of nitrogens with zero attached hydrogens (tertiary/aromatic N) is 2. The highest BCUT2D eigenvalue weighted by Crippen LogP contribution is 2.13. The average molecular weight is 397 g/mol. The first-order chi connectivity index (χ1) is 12.8. The lowest BCUT2D eigenvalue weighted by Gasteiger charge is -2.33. The quantitative estimate of drug-likeness (QED) is 0.709. The zero-order chi connectivity index (χ0) is 19.9. The summed E-state index contributed by atoms with van der Waals surface area (Å²) < 4.78 is 26.5. The Morgan fingerprint density at radius 2 is 1.74 bits per heavy atom. The Kier molecular flexibility index (Phi) is 7.76. The Morgan fingerprint density at radius 3 is 2.33 bits per heavy atom. The molecule has 0 aromatic heterocycles. The summed E-state index contributed by atoms with van der Waals surface area (Å²) in [5.74, 6) is -0.416. The Bertz CT molecular complexity index is 731. The van der Waals surface area contributed by atoms with Gasteiger partial charge in [-0.2, -0.15) is 4.31 Å². The summed E-state index contributed by atoms with van der Waals surface area (Å²) in [5, 5.41) is 4.97. The Hall–Kier alpha value is -1.97. The van der Waals surface area contributed by atoms with Crippen molar-refractivity contribution >= 4 is 22.0 Å². The molecule has 2 N–H and O–H groups in total. The lowest BCUT2D eigenvalue weighted by molar-refractivity contribution is -0.121. The van der Waals surface area contributed by atoms with Gasteiger partial charge >= 0.3 is 6.03 Å². The van der Waals surface area contributed by atoms with Crippen LogP contribution in [0.5, 0.6) is 0 Å². The number of carbonyl (C=O) groups is 2. The molecule has 3 amide bonds. The van der Waals surface area contributed by atoms with E-state index in [0.29, 0.717) is 26.2 Å². The summed E-state index contributed by atoms with van der Waals surface area (Å²) in [5.41, 5.74) is 0.756. The van der Waals surface area contributed by atoms with Crippen LogP contribution < -0.4 is 10.6 Å². The van der Waals surface area contributed by atoms with Gasteiger partial charge < -0.3 is 5.32 Å². The molecule has 2 rings (SSSR count). The van der Waals surface area contributed by atoms with Crippen molar-refractivity contribution in [2.45, 2.75) is 32.1 Å². The molecule has 1 aliphatic rings. The van der Waals surface area contributed by atoms with Crippen LogP contribution >= 0.6 is 0 Å². The van der Waals surface area contributed by atoms with Gasteiger partial charge in [-0.05, 0) is 18.9 Å². The topological polar surface area (TPSA) is 98.8 Å². The molecule has 150 valence electrons. The molecule has 8 nitrogen and oxygen atoms in total. The summed E-state index contributed by atoms with van der Waals surface area (Å²) in [7, 11) is -3.38. The van der Waals surface area contributed by atoms with Gasteiger partial charge in [0.1, 0.15) is 0 Å². The minimum Gasteiger partial charge on any atom is -0.335 e. The molecule has 0 aliphatic carbocycles. The maximum atomic E-state index is 12.5. The van der Waals surface area contributed by atoms with Gasteiger partial charge in [-0.3, -0.25) is 15.0 Å². The summed E-state index contributed by atoms with van der Waals surface area (Å²) in [4.78, 5) is 25.5. The number of piperazine rings is 1. The van der Waals surface area contributed by atoms with E-state index in [1.807, 2.05) is 36.9 Å². The summed E-state index contributed by atoms with van der Waals surface area (Å²) in [6, 6.07) is 8.57. The zero-order valence-corrected chi connectivity index (χ0v) is 16.7. The largest absolute Gasteiger partial charge is 0.335 e. The number of benzene rings is 1. The van der Waals surface area contributed by atoms with Crippen molar-refractivity contribution in [3.05, 3.63) is 35.9 Å². The van der Waals surface area contributed by atoms with E-state index in [1.165, 1.54) is 4.31 Å². The molecule has 0 saturated carbocycles. The highest BCUT2D eigenvalue weighted by Gasteiger charge is 2.28. The summed E-state index contributed by atoms with van der Waals surface area (Å²) >= 11 is 0. The van der Waals surface area contributed by atoms with Crippen LogP contribution in [0.1, 0.15) is 25.8 Å². The number of hydrogen-bond donors (Lipinski definition) is 2. The van der Waals surface area contributed by atoms with Crippen LogP contribution in [0.15, 0.2) is 30.3 Å².